The molecule has 2 aromatic carbocycles. The molecule has 0 aliphatic carbocycles. The second kappa shape index (κ2) is 8.19. The number of aryl methyl sites for hydroxylation is 2. The maximum Gasteiger partial charge on any atom is 0.335 e. The summed E-state index contributed by atoms with van der Waals surface area (Å²) in [5.41, 5.74) is 14.6. The van der Waals surface area contributed by atoms with Gasteiger partial charge in [-0.2, -0.15) is 0 Å². The smallest absolute Gasteiger partial charge is 0.335 e. The van der Waals surface area contributed by atoms with Crippen LogP contribution in [0.25, 0.3) is 0 Å². The predicted molar refractivity (Wildman–Crippen MR) is 96.9 cm³/mol. The number of rotatable bonds is 8. The maximum absolute atomic E-state index is 11.2. The summed E-state index contributed by atoms with van der Waals surface area (Å²) in [4.78, 5) is 22.5. The standard InChI is InChI=1S/C19H22N2O4/c20-14-6-8-16(18(22)23)12(10-14)4-2-1-3-5-13-11-15(21)7-9-17(13)19(24)25/h6-11H,1-5,20-21H2,(H,22,23)(H,24,25). The Morgan fingerprint density at radius 2 is 1.12 bits per heavy atom. The van der Waals surface area contributed by atoms with Gasteiger partial charge >= 0.3 is 11.9 Å². The lowest BCUT2D eigenvalue weighted by Crippen LogP contribution is -2.05. The van der Waals surface area contributed by atoms with Gasteiger partial charge < -0.3 is 21.7 Å². The second-order valence-corrected chi connectivity index (χ2v) is 6.00. The largest absolute Gasteiger partial charge is 0.478 e. The second-order valence-electron chi connectivity index (χ2n) is 6.00. The highest BCUT2D eigenvalue weighted by atomic mass is 16.4. The van der Waals surface area contributed by atoms with Gasteiger partial charge in [-0.15, -0.1) is 0 Å². The molecule has 0 aliphatic heterocycles. The van der Waals surface area contributed by atoms with Gasteiger partial charge in [0.05, 0.1) is 11.1 Å². The Labute approximate surface area is 146 Å². The number of benzene rings is 2. The average Bonchev–Trinajstić information content (AvgIpc) is 2.54. The van der Waals surface area contributed by atoms with E-state index in [1.807, 2.05) is 0 Å². The first-order chi connectivity index (χ1) is 11.9. The van der Waals surface area contributed by atoms with Crippen molar-refractivity contribution in [1.82, 2.24) is 0 Å². The van der Waals surface area contributed by atoms with E-state index in [2.05, 4.69) is 0 Å². The Hall–Kier alpha value is -3.02. The molecule has 6 N–H and O–H groups in total. The van der Waals surface area contributed by atoms with Crippen molar-refractivity contribution in [3.63, 3.8) is 0 Å². The zero-order chi connectivity index (χ0) is 18.4. The number of carbonyl (C=O) groups is 2. The molecular weight excluding hydrogens is 320 g/mol. The van der Waals surface area contributed by atoms with Crippen molar-refractivity contribution in [3.8, 4) is 0 Å². The number of hydrogen-bond donors (Lipinski definition) is 4. The summed E-state index contributed by atoms with van der Waals surface area (Å²) >= 11 is 0. The zero-order valence-electron chi connectivity index (χ0n) is 13.9. The van der Waals surface area contributed by atoms with Gasteiger partial charge in [0.1, 0.15) is 0 Å². The minimum absolute atomic E-state index is 0.276. The normalized spacial score (nSPS) is 10.6. The summed E-state index contributed by atoms with van der Waals surface area (Å²) < 4.78 is 0. The topological polar surface area (TPSA) is 127 Å². The van der Waals surface area contributed by atoms with Gasteiger partial charge in [-0.3, -0.25) is 0 Å². The quantitative estimate of drug-likeness (QED) is 0.431. The van der Waals surface area contributed by atoms with Crippen LogP contribution in [0.15, 0.2) is 36.4 Å². The summed E-state index contributed by atoms with van der Waals surface area (Å²) in [6, 6.07) is 9.62. The van der Waals surface area contributed by atoms with Crippen molar-refractivity contribution in [3.05, 3.63) is 58.7 Å². The molecule has 2 aromatic rings. The third kappa shape index (κ3) is 4.97. The van der Waals surface area contributed by atoms with E-state index < -0.39 is 11.9 Å². The molecule has 0 fully saturated rings. The maximum atomic E-state index is 11.2. The van der Waals surface area contributed by atoms with Gasteiger partial charge in [-0.05, 0) is 73.2 Å². The molecule has 0 amide bonds. The third-order valence-electron chi connectivity index (χ3n) is 4.11. The van der Waals surface area contributed by atoms with E-state index >= 15 is 0 Å². The van der Waals surface area contributed by atoms with Gasteiger partial charge in [0.25, 0.3) is 0 Å². The van der Waals surface area contributed by atoms with E-state index in [0.29, 0.717) is 24.2 Å². The Kier molecular flexibility index (Phi) is 6.00. The summed E-state index contributed by atoms with van der Waals surface area (Å²) in [6.45, 7) is 0. The van der Waals surface area contributed by atoms with Crippen molar-refractivity contribution < 1.29 is 19.8 Å². The minimum Gasteiger partial charge on any atom is -0.478 e. The fourth-order valence-corrected chi connectivity index (χ4v) is 2.87. The van der Waals surface area contributed by atoms with E-state index in [0.717, 1.165) is 30.4 Å². The fraction of sp³-hybridized carbons (Fsp3) is 0.263. The molecule has 6 heteroatoms. The lowest BCUT2D eigenvalue weighted by atomic mass is 9.97. The van der Waals surface area contributed by atoms with E-state index in [-0.39, 0.29) is 11.1 Å². The van der Waals surface area contributed by atoms with Gasteiger partial charge in [-0.1, -0.05) is 6.42 Å². The Balaban J connectivity index is 1.91. The Morgan fingerprint density at radius 3 is 1.48 bits per heavy atom. The molecule has 0 aliphatic rings. The number of hydrogen-bond acceptors (Lipinski definition) is 4. The van der Waals surface area contributed by atoms with Gasteiger partial charge in [-0.25, -0.2) is 9.59 Å². The SMILES string of the molecule is Nc1ccc(C(=O)O)c(CCCCCc2cc(N)ccc2C(=O)O)c1. The highest BCUT2D eigenvalue weighted by molar-refractivity contribution is 5.90. The van der Waals surface area contributed by atoms with E-state index in [9.17, 15) is 19.8 Å². The molecule has 0 radical (unpaired) electrons. The van der Waals surface area contributed by atoms with Crippen molar-refractivity contribution in [2.45, 2.75) is 32.1 Å². The Morgan fingerprint density at radius 1 is 0.720 bits per heavy atom. The number of carboxylic acids is 2. The molecule has 0 saturated carbocycles. The van der Waals surface area contributed by atoms with Crippen LogP contribution in [0.3, 0.4) is 0 Å². The van der Waals surface area contributed by atoms with Crippen LogP contribution in [0, 0.1) is 0 Å². The fourth-order valence-electron chi connectivity index (χ4n) is 2.87. The first kappa shape index (κ1) is 18.3. The predicted octanol–water partition coefficient (Wildman–Crippen LogP) is 3.20. The van der Waals surface area contributed by atoms with Gasteiger partial charge in [0.2, 0.25) is 0 Å². The summed E-state index contributed by atoms with van der Waals surface area (Å²) in [7, 11) is 0. The first-order valence-electron chi connectivity index (χ1n) is 8.12. The van der Waals surface area contributed by atoms with Crippen LogP contribution in [-0.2, 0) is 12.8 Å². The Bertz CT molecular complexity index is 721. The molecule has 0 unspecified atom stereocenters. The number of anilines is 2. The average molecular weight is 342 g/mol. The monoisotopic (exact) mass is 342 g/mol. The molecule has 0 saturated heterocycles. The van der Waals surface area contributed by atoms with Crippen LogP contribution < -0.4 is 11.5 Å². The molecule has 0 heterocycles. The molecular formula is C19H22N2O4. The number of nitrogen functional groups attached to an aromatic ring is 2. The molecule has 0 aromatic heterocycles. The lowest BCUT2D eigenvalue weighted by Gasteiger charge is -2.09. The molecule has 0 atom stereocenters. The van der Waals surface area contributed by atoms with Crippen molar-refractivity contribution >= 4 is 23.3 Å². The van der Waals surface area contributed by atoms with Crippen molar-refractivity contribution in [1.29, 1.82) is 0 Å². The van der Waals surface area contributed by atoms with Crippen LogP contribution >= 0.6 is 0 Å². The molecule has 0 spiro atoms. The number of aromatic carboxylic acids is 2. The summed E-state index contributed by atoms with van der Waals surface area (Å²) in [5, 5.41) is 18.4. The van der Waals surface area contributed by atoms with Crippen molar-refractivity contribution in [2.24, 2.45) is 0 Å². The minimum atomic E-state index is -0.958. The number of unbranched alkanes of at least 4 members (excludes halogenated alkanes) is 2. The van der Waals surface area contributed by atoms with E-state index in [1.165, 1.54) is 12.1 Å². The van der Waals surface area contributed by atoms with Crippen LogP contribution in [0.4, 0.5) is 11.4 Å². The molecule has 6 nitrogen and oxygen atoms in total. The highest BCUT2D eigenvalue weighted by Gasteiger charge is 2.11. The molecule has 25 heavy (non-hydrogen) atoms. The lowest BCUT2D eigenvalue weighted by molar-refractivity contribution is 0.0685. The third-order valence-corrected chi connectivity index (χ3v) is 4.11. The molecule has 0 bridgehead atoms. The number of nitrogens with two attached hydrogens (primary N) is 2. The first-order valence-corrected chi connectivity index (χ1v) is 8.12. The van der Waals surface area contributed by atoms with Crippen LogP contribution in [0.5, 0.6) is 0 Å². The van der Waals surface area contributed by atoms with Crippen molar-refractivity contribution in [2.75, 3.05) is 11.5 Å². The summed E-state index contributed by atoms with van der Waals surface area (Å²) in [6.07, 6.45) is 3.69. The van der Waals surface area contributed by atoms with Gasteiger partial charge in [0.15, 0.2) is 0 Å². The van der Waals surface area contributed by atoms with E-state index in [1.54, 1.807) is 24.3 Å². The van der Waals surface area contributed by atoms with E-state index in [4.69, 9.17) is 11.5 Å². The van der Waals surface area contributed by atoms with Crippen LogP contribution in [-0.4, -0.2) is 22.2 Å². The van der Waals surface area contributed by atoms with Crippen LogP contribution in [0.1, 0.15) is 51.1 Å². The number of carboxylic acid groups (broad SMARTS) is 2. The molecule has 2 rings (SSSR count). The zero-order valence-corrected chi connectivity index (χ0v) is 13.9. The van der Waals surface area contributed by atoms with Gasteiger partial charge in [0, 0.05) is 11.4 Å². The highest BCUT2D eigenvalue weighted by Crippen LogP contribution is 2.19. The summed E-state index contributed by atoms with van der Waals surface area (Å²) in [5.74, 6) is -1.92. The molecule has 132 valence electrons. The van der Waals surface area contributed by atoms with Crippen LogP contribution in [0.2, 0.25) is 0 Å².